The molecule has 1 atom stereocenters. The number of esters is 2. The summed E-state index contributed by atoms with van der Waals surface area (Å²) < 4.78 is 27.0. The highest BCUT2D eigenvalue weighted by Crippen LogP contribution is 2.35. The molecule has 0 heterocycles. The normalized spacial score (nSPS) is 11.9. The summed E-state index contributed by atoms with van der Waals surface area (Å²) in [7, 11) is 0. The molecule has 54 heavy (non-hydrogen) atoms. The topological polar surface area (TPSA) is 151 Å². The van der Waals surface area contributed by atoms with Crippen LogP contribution < -0.4 is 16.0 Å². The molecule has 0 amide bonds. The maximum absolute atomic E-state index is 12.9. The molecule has 0 aliphatic carbocycles. The van der Waals surface area contributed by atoms with Crippen LogP contribution in [0.2, 0.25) is 0 Å². The van der Waals surface area contributed by atoms with Gasteiger partial charge in [-0.3, -0.25) is 14.4 Å². The van der Waals surface area contributed by atoms with Gasteiger partial charge in [0.2, 0.25) is 0 Å². The lowest BCUT2D eigenvalue weighted by Gasteiger charge is -2.32. The Labute approximate surface area is 330 Å². The van der Waals surface area contributed by atoms with Gasteiger partial charge in [0.25, 0.3) is 0 Å². The molecule has 0 rings (SSSR count). The Hall–Kier alpha value is -3.58. The molecule has 0 aromatic heterocycles. The van der Waals surface area contributed by atoms with Gasteiger partial charge < -0.3 is 39.6 Å². The van der Waals surface area contributed by atoms with E-state index in [1.165, 1.54) is 0 Å². The molecule has 0 bridgehead atoms. The van der Waals surface area contributed by atoms with E-state index >= 15 is 0 Å². The van der Waals surface area contributed by atoms with Gasteiger partial charge in [0.05, 0.1) is 39.5 Å². The highest BCUT2D eigenvalue weighted by atomic mass is 16.5. The summed E-state index contributed by atoms with van der Waals surface area (Å²) in [6.45, 7) is 26.4. The van der Waals surface area contributed by atoms with Crippen LogP contribution >= 0.6 is 0 Å². The van der Waals surface area contributed by atoms with Crippen molar-refractivity contribution >= 4 is 23.5 Å². The molecule has 0 spiro atoms. The number of unbranched alkanes of at least 4 members (excludes halogenated alkanes) is 4. The number of nitrogens with one attached hydrogen (secondary N) is 3. The van der Waals surface area contributed by atoms with Gasteiger partial charge in [-0.15, -0.1) is 0 Å². The van der Waals surface area contributed by atoms with Crippen molar-refractivity contribution in [1.29, 1.82) is 0 Å². The number of allylic oxidation sites excluding steroid dienone is 2. The molecule has 0 saturated heterocycles. The first kappa shape index (κ1) is 50.4. The summed E-state index contributed by atoms with van der Waals surface area (Å²) in [5, 5.41) is 9.84. The Morgan fingerprint density at radius 2 is 1.07 bits per heavy atom. The predicted octanol–water partition coefficient (Wildman–Crippen LogP) is 6.82. The maximum atomic E-state index is 12.9. The fourth-order valence-corrected chi connectivity index (χ4v) is 5.20. The molecule has 12 nitrogen and oxygen atoms in total. The minimum absolute atomic E-state index is 0. The van der Waals surface area contributed by atoms with Crippen molar-refractivity contribution in [3.8, 4) is 0 Å². The molecule has 0 aliphatic rings. The van der Waals surface area contributed by atoms with Crippen LogP contribution in [0.3, 0.4) is 0 Å². The van der Waals surface area contributed by atoms with Gasteiger partial charge in [-0.1, -0.05) is 39.8 Å². The van der Waals surface area contributed by atoms with Gasteiger partial charge in [-0.2, -0.15) is 0 Å². The SMILES string of the molecule is C=CC(=C)OCCCCCNCCC(=O)CCC(CC)(CCC(=O)CCNCCOCCOC(=C)C=C)COC(=O)CCNCCCCCOC(=O)C=C.[HH].[HH].[HH]. The van der Waals surface area contributed by atoms with E-state index in [0.29, 0.717) is 116 Å². The summed E-state index contributed by atoms with van der Waals surface area (Å²) in [5.74, 6) is 0.653. The second-order valence-electron chi connectivity index (χ2n) is 13.2. The van der Waals surface area contributed by atoms with Crippen molar-refractivity contribution in [2.75, 3.05) is 78.9 Å². The second-order valence-corrected chi connectivity index (χ2v) is 13.2. The van der Waals surface area contributed by atoms with Crippen LogP contribution in [0.5, 0.6) is 0 Å². The smallest absolute Gasteiger partial charge is 0.330 e. The predicted molar refractivity (Wildman–Crippen MR) is 221 cm³/mol. The number of carbonyl (C=O) groups excluding carboxylic acids is 4. The number of hydrogen-bond acceptors (Lipinski definition) is 12. The van der Waals surface area contributed by atoms with Crippen LogP contribution in [0.1, 0.15) is 101 Å². The van der Waals surface area contributed by atoms with Crippen LogP contribution in [0.15, 0.2) is 62.6 Å². The van der Waals surface area contributed by atoms with Gasteiger partial charge >= 0.3 is 11.9 Å². The Balaban J connectivity index is -0.00000468. The Morgan fingerprint density at radius 1 is 0.556 bits per heavy atom. The van der Waals surface area contributed by atoms with Crippen LogP contribution in [0, 0.1) is 5.41 Å². The molecule has 12 heteroatoms. The average molecular weight is 768 g/mol. The van der Waals surface area contributed by atoms with Gasteiger partial charge in [0, 0.05) is 67.6 Å². The summed E-state index contributed by atoms with van der Waals surface area (Å²) in [5.41, 5.74) is -0.462. The lowest BCUT2D eigenvalue weighted by Crippen LogP contribution is -2.31. The van der Waals surface area contributed by atoms with Gasteiger partial charge in [0.1, 0.15) is 29.7 Å². The summed E-state index contributed by atoms with van der Waals surface area (Å²) in [6, 6.07) is 0. The van der Waals surface area contributed by atoms with E-state index in [9.17, 15) is 19.2 Å². The molecule has 1 unspecified atom stereocenters. The van der Waals surface area contributed by atoms with Crippen molar-refractivity contribution in [3.63, 3.8) is 0 Å². The first-order valence-electron chi connectivity index (χ1n) is 19.7. The monoisotopic (exact) mass is 768 g/mol. The molecule has 0 radical (unpaired) electrons. The first-order chi connectivity index (χ1) is 26.1. The van der Waals surface area contributed by atoms with E-state index in [2.05, 4.69) is 48.8 Å². The molecule has 3 N–H and O–H groups in total. The first-order valence-corrected chi connectivity index (χ1v) is 19.7. The van der Waals surface area contributed by atoms with Crippen molar-refractivity contribution in [3.05, 3.63) is 62.6 Å². The zero-order valence-corrected chi connectivity index (χ0v) is 33.3. The van der Waals surface area contributed by atoms with E-state index < -0.39 is 11.4 Å². The number of ketones is 2. The largest absolute Gasteiger partial charge is 0.494 e. The fraction of sp³-hybridized carbons (Fsp3) is 0.667. The quantitative estimate of drug-likeness (QED) is 0.0197. The molecular weight excluding hydrogens is 690 g/mol. The van der Waals surface area contributed by atoms with E-state index in [-0.39, 0.29) is 34.8 Å². The highest BCUT2D eigenvalue weighted by Gasteiger charge is 2.31. The highest BCUT2D eigenvalue weighted by molar-refractivity contribution is 5.81. The minimum atomic E-state index is -0.462. The number of hydrogen-bond donors (Lipinski definition) is 3. The van der Waals surface area contributed by atoms with Crippen molar-refractivity contribution in [2.24, 2.45) is 5.41 Å². The molecule has 0 aromatic carbocycles. The number of Topliss-reactive ketones (excluding diaryl/α,β-unsaturated/α-hetero) is 2. The van der Waals surface area contributed by atoms with Crippen molar-refractivity contribution in [2.45, 2.75) is 96.8 Å². The number of rotatable bonds is 41. The zero-order valence-electron chi connectivity index (χ0n) is 33.3. The lowest BCUT2D eigenvalue weighted by molar-refractivity contribution is -0.148. The molecule has 314 valence electrons. The minimum Gasteiger partial charge on any atom is -0.494 e. The standard InChI is InChI=1S/C42H71N3O9.3H2/c1-7-36(5)51-30-15-11-13-24-43-26-19-38(46)17-22-42(10-4,23-18-39(47)20-27-45-29-32-50-33-34-52-37(6)8-2)35-54-41(49)21-28-44-25-14-12-16-31-53-40(48)9-3;;;/h7-9,43-45H,1-3,5-6,10-35H2,4H3;3*1H. The number of carbonyl (C=O) groups is 4. The summed E-state index contributed by atoms with van der Waals surface area (Å²) in [4.78, 5) is 49.6. The third-order valence-corrected chi connectivity index (χ3v) is 8.91. The Kier molecular flexibility index (Phi) is 32.8. The second kappa shape index (κ2) is 35.1. The third-order valence-electron chi connectivity index (χ3n) is 8.91. The Morgan fingerprint density at radius 3 is 1.61 bits per heavy atom. The molecule has 0 fully saturated rings. The van der Waals surface area contributed by atoms with E-state index in [4.69, 9.17) is 23.7 Å². The van der Waals surface area contributed by atoms with Crippen LogP contribution in [-0.2, 0) is 42.9 Å². The lowest BCUT2D eigenvalue weighted by atomic mass is 9.76. The van der Waals surface area contributed by atoms with Crippen molar-refractivity contribution in [1.82, 2.24) is 16.0 Å². The molecular formula is C42H77N3O9. The van der Waals surface area contributed by atoms with E-state index in [0.717, 1.165) is 57.7 Å². The van der Waals surface area contributed by atoms with Gasteiger partial charge in [-0.05, 0) is 83.0 Å². The summed E-state index contributed by atoms with van der Waals surface area (Å²) >= 11 is 0. The zero-order chi connectivity index (χ0) is 40.1. The van der Waals surface area contributed by atoms with E-state index in [1.807, 2.05) is 6.92 Å². The maximum Gasteiger partial charge on any atom is 0.330 e. The van der Waals surface area contributed by atoms with Crippen molar-refractivity contribution < 1.29 is 47.1 Å². The Bertz CT molecular complexity index is 994. The molecule has 0 aliphatic heterocycles. The molecule has 0 aromatic rings. The third kappa shape index (κ3) is 30.8. The number of ether oxygens (including phenoxy) is 5. The summed E-state index contributed by atoms with van der Waals surface area (Å²) in [6.07, 6.45) is 13.3. The van der Waals surface area contributed by atoms with Gasteiger partial charge in [0.15, 0.2) is 0 Å². The van der Waals surface area contributed by atoms with Crippen LogP contribution in [0.4, 0.5) is 0 Å². The fourth-order valence-electron chi connectivity index (χ4n) is 5.20. The van der Waals surface area contributed by atoms with E-state index in [1.54, 1.807) is 12.2 Å². The van der Waals surface area contributed by atoms with Gasteiger partial charge in [-0.25, -0.2) is 4.79 Å². The average Bonchev–Trinajstić information content (AvgIpc) is 3.18. The molecule has 0 saturated carbocycles. The van der Waals surface area contributed by atoms with Crippen LogP contribution in [0.25, 0.3) is 0 Å². The van der Waals surface area contributed by atoms with Crippen LogP contribution in [-0.4, -0.2) is 102 Å².